The van der Waals surface area contributed by atoms with Gasteiger partial charge in [-0.2, -0.15) is 0 Å². The van der Waals surface area contributed by atoms with Crippen LogP contribution in [0.5, 0.6) is 11.5 Å². The standard InChI is InChI=1S/C18H28N2O4/c1-23-14-9-13(10-15(11-14)24-2)20-18(22)17(21)16(19)8-12-6-4-3-5-7-12/h9-12,16-17,21H,3-8,19H2,1-2H3,(H,20,22). The highest BCUT2D eigenvalue weighted by Crippen LogP contribution is 2.28. The number of nitrogens with two attached hydrogens (primary N) is 1. The minimum atomic E-state index is -1.23. The maximum Gasteiger partial charge on any atom is 0.254 e. The third-order valence-corrected chi connectivity index (χ3v) is 4.62. The van der Waals surface area contributed by atoms with Gasteiger partial charge in [0.05, 0.1) is 14.2 Å². The van der Waals surface area contributed by atoms with E-state index in [4.69, 9.17) is 15.2 Å². The summed E-state index contributed by atoms with van der Waals surface area (Å²) in [6, 6.07) is 4.49. The molecule has 1 amide bonds. The van der Waals surface area contributed by atoms with E-state index in [0.29, 0.717) is 29.5 Å². The van der Waals surface area contributed by atoms with Crippen molar-refractivity contribution >= 4 is 11.6 Å². The van der Waals surface area contributed by atoms with E-state index in [9.17, 15) is 9.90 Å². The molecule has 1 aliphatic carbocycles. The van der Waals surface area contributed by atoms with Gasteiger partial charge in [-0.1, -0.05) is 32.1 Å². The van der Waals surface area contributed by atoms with E-state index in [1.54, 1.807) is 18.2 Å². The molecule has 1 fully saturated rings. The van der Waals surface area contributed by atoms with E-state index < -0.39 is 18.1 Å². The number of aliphatic hydroxyl groups excluding tert-OH is 1. The molecule has 0 aliphatic heterocycles. The predicted octanol–water partition coefficient (Wildman–Crippen LogP) is 2.30. The largest absolute Gasteiger partial charge is 0.497 e. The molecule has 2 atom stereocenters. The van der Waals surface area contributed by atoms with Crippen LogP contribution in [0.15, 0.2) is 18.2 Å². The van der Waals surface area contributed by atoms with Crippen molar-refractivity contribution < 1.29 is 19.4 Å². The van der Waals surface area contributed by atoms with Crippen molar-refractivity contribution in [1.82, 2.24) is 0 Å². The molecule has 1 aromatic carbocycles. The summed E-state index contributed by atoms with van der Waals surface area (Å²) in [4.78, 5) is 12.3. The van der Waals surface area contributed by atoms with Crippen molar-refractivity contribution in [2.24, 2.45) is 11.7 Å². The van der Waals surface area contributed by atoms with E-state index >= 15 is 0 Å². The molecule has 2 unspecified atom stereocenters. The molecule has 0 heterocycles. The third kappa shape index (κ3) is 5.11. The predicted molar refractivity (Wildman–Crippen MR) is 93.3 cm³/mol. The fraction of sp³-hybridized carbons (Fsp3) is 0.611. The van der Waals surface area contributed by atoms with Crippen molar-refractivity contribution in [2.45, 2.75) is 50.7 Å². The maximum atomic E-state index is 12.3. The summed E-state index contributed by atoms with van der Waals surface area (Å²) in [6.45, 7) is 0. The number of amides is 1. The van der Waals surface area contributed by atoms with Crippen molar-refractivity contribution in [2.75, 3.05) is 19.5 Å². The van der Waals surface area contributed by atoms with E-state index in [-0.39, 0.29) is 0 Å². The number of hydrogen-bond acceptors (Lipinski definition) is 5. The molecule has 6 heteroatoms. The van der Waals surface area contributed by atoms with Crippen LogP contribution >= 0.6 is 0 Å². The lowest BCUT2D eigenvalue weighted by Crippen LogP contribution is -2.44. The molecule has 2 rings (SSSR count). The minimum Gasteiger partial charge on any atom is -0.497 e. The van der Waals surface area contributed by atoms with Crippen molar-refractivity contribution in [3.05, 3.63) is 18.2 Å². The number of carbonyl (C=O) groups excluding carboxylic acids is 1. The van der Waals surface area contributed by atoms with Gasteiger partial charge in [0, 0.05) is 29.9 Å². The number of methoxy groups -OCH3 is 2. The number of aliphatic hydroxyl groups is 1. The van der Waals surface area contributed by atoms with Gasteiger partial charge in [-0.3, -0.25) is 4.79 Å². The molecule has 0 spiro atoms. The molecule has 4 N–H and O–H groups in total. The Bertz CT molecular complexity index is 522. The summed E-state index contributed by atoms with van der Waals surface area (Å²) < 4.78 is 10.3. The zero-order valence-electron chi connectivity index (χ0n) is 14.5. The summed E-state index contributed by atoms with van der Waals surface area (Å²) in [6.07, 6.45) is 5.41. The summed E-state index contributed by atoms with van der Waals surface area (Å²) >= 11 is 0. The lowest BCUT2D eigenvalue weighted by Gasteiger charge is -2.26. The highest BCUT2D eigenvalue weighted by molar-refractivity contribution is 5.94. The fourth-order valence-corrected chi connectivity index (χ4v) is 3.23. The second kappa shape index (κ2) is 8.89. The monoisotopic (exact) mass is 336 g/mol. The van der Waals surface area contributed by atoms with Gasteiger partial charge in [0.2, 0.25) is 0 Å². The Hall–Kier alpha value is -1.79. The molecule has 0 aromatic heterocycles. The zero-order chi connectivity index (χ0) is 17.5. The molecule has 0 saturated heterocycles. The molecule has 0 radical (unpaired) electrons. The number of nitrogens with one attached hydrogen (secondary N) is 1. The van der Waals surface area contributed by atoms with Gasteiger partial charge in [-0.05, 0) is 12.3 Å². The Morgan fingerprint density at radius 1 is 1.21 bits per heavy atom. The van der Waals surface area contributed by atoms with Crippen LogP contribution in [-0.2, 0) is 4.79 Å². The molecule has 24 heavy (non-hydrogen) atoms. The third-order valence-electron chi connectivity index (χ3n) is 4.62. The second-order valence-corrected chi connectivity index (χ2v) is 6.44. The number of anilines is 1. The zero-order valence-corrected chi connectivity index (χ0v) is 14.5. The van der Waals surface area contributed by atoms with Crippen LogP contribution in [0.4, 0.5) is 5.69 Å². The molecule has 0 bridgehead atoms. The van der Waals surface area contributed by atoms with Crippen molar-refractivity contribution in [1.29, 1.82) is 0 Å². The highest BCUT2D eigenvalue weighted by atomic mass is 16.5. The summed E-state index contributed by atoms with van der Waals surface area (Å²) in [5, 5.41) is 12.9. The summed E-state index contributed by atoms with van der Waals surface area (Å²) in [5.74, 6) is 1.12. The Labute approximate surface area is 143 Å². The normalized spacial score (nSPS) is 17.8. The van der Waals surface area contributed by atoms with Crippen LogP contribution in [-0.4, -0.2) is 37.4 Å². The molecule has 1 aliphatic rings. The maximum absolute atomic E-state index is 12.3. The van der Waals surface area contributed by atoms with Crippen LogP contribution in [0.3, 0.4) is 0 Å². The van der Waals surface area contributed by atoms with Gasteiger partial charge in [-0.15, -0.1) is 0 Å². The molecular weight excluding hydrogens is 308 g/mol. The SMILES string of the molecule is COc1cc(NC(=O)C(O)C(N)CC2CCCCC2)cc(OC)c1. The number of hydrogen-bond donors (Lipinski definition) is 3. The highest BCUT2D eigenvalue weighted by Gasteiger charge is 2.26. The first-order chi connectivity index (χ1) is 11.5. The number of rotatable bonds is 7. The number of carbonyl (C=O) groups is 1. The van der Waals surface area contributed by atoms with Crippen LogP contribution in [0.25, 0.3) is 0 Å². The summed E-state index contributed by atoms with van der Waals surface area (Å²) in [7, 11) is 3.07. The van der Waals surface area contributed by atoms with E-state index in [2.05, 4.69) is 5.32 Å². The van der Waals surface area contributed by atoms with Gasteiger partial charge in [-0.25, -0.2) is 0 Å². The van der Waals surface area contributed by atoms with E-state index in [1.807, 2.05) is 0 Å². The van der Waals surface area contributed by atoms with E-state index in [1.165, 1.54) is 33.5 Å². The van der Waals surface area contributed by atoms with Crippen LogP contribution in [0, 0.1) is 5.92 Å². The van der Waals surface area contributed by atoms with Crippen molar-refractivity contribution in [3.63, 3.8) is 0 Å². The molecule has 1 aromatic rings. The van der Waals surface area contributed by atoms with Gasteiger partial charge >= 0.3 is 0 Å². The topological polar surface area (TPSA) is 93.8 Å². The minimum absolute atomic E-state index is 0.500. The Morgan fingerprint density at radius 3 is 2.33 bits per heavy atom. The first-order valence-electron chi connectivity index (χ1n) is 8.51. The Balaban J connectivity index is 1.95. The molecular formula is C18H28N2O4. The Morgan fingerprint density at radius 2 is 1.79 bits per heavy atom. The number of ether oxygens (including phenoxy) is 2. The smallest absolute Gasteiger partial charge is 0.254 e. The fourth-order valence-electron chi connectivity index (χ4n) is 3.23. The van der Waals surface area contributed by atoms with Crippen molar-refractivity contribution in [3.8, 4) is 11.5 Å². The number of benzene rings is 1. The van der Waals surface area contributed by atoms with Gasteiger partial charge < -0.3 is 25.6 Å². The second-order valence-electron chi connectivity index (χ2n) is 6.44. The van der Waals surface area contributed by atoms with Crippen LogP contribution in [0.1, 0.15) is 38.5 Å². The first-order valence-corrected chi connectivity index (χ1v) is 8.51. The average molecular weight is 336 g/mol. The lowest BCUT2D eigenvalue weighted by atomic mass is 9.84. The van der Waals surface area contributed by atoms with Gasteiger partial charge in [0.1, 0.15) is 17.6 Å². The quantitative estimate of drug-likeness (QED) is 0.710. The molecule has 6 nitrogen and oxygen atoms in total. The van der Waals surface area contributed by atoms with Gasteiger partial charge in [0.25, 0.3) is 5.91 Å². The van der Waals surface area contributed by atoms with Crippen LogP contribution < -0.4 is 20.5 Å². The lowest BCUT2D eigenvalue weighted by molar-refractivity contribution is -0.125. The first kappa shape index (κ1) is 18.5. The van der Waals surface area contributed by atoms with Gasteiger partial charge in [0.15, 0.2) is 0 Å². The summed E-state index contributed by atoms with van der Waals surface area (Å²) in [5.41, 5.74) is 6.55. The average Bonchev–Trinajstić information content (AvgIpc) is 2.61. The molecule has 1 saturated carbocycles. The van der Waals surface area contributed by atoms with E-state index in [0.717, 1.165) is 12.8 Å². The molecule has 134 valence electrons. The van der Waals surface area contributed by atoms with Crippen LogP contribution in [0.2, 0.25) is 0 Å². The Kier molecular flexibility index (Phi) is 6.87.